The van der Waals surface area contributed by atoms with E-state index in [0.29, 0.717) is 0 Å². The van der Waals surface area contributed by atoms with Crippen LogP contribution in [0.4, 0.5) is 0 Å². The smallest absolute Gasteiger partial charge is 0.168 e. The highest BCUT2D eigenvalue weighted by molar-refractivity contribution is 5.97. The van der Waals surface area contributed by atoms with Crippen LogP contribution in [0.15, 0.2) is 15.0 Å². The van der Waals surface area contributed by atoms with Crippen LogP contribution in [-0.4, -0.2) is 30.6 Å². The molecule has 2 aliphatic heterocycles. The summed E-state index contributed by atoms with van der Waals surface area (Å²) in [6.45, 7) is 5.98. The van der Waals surface area contributed by atoms with E-state index in [1.54, 1.807) is 12.7 Å². The van der Waals surface area contributed by atoms with Crippen molar-refractivity contribution in [1.82, 2.24) is 5.32 Å². The zero-order valence-electron chi connectivity index (χ0n) is 7.65. The van der Waals surface area contributed by atoms with E-state index >= 15 is 0 Å². The lowest BCUT2D eigenvalue weighted by atomic mass is 10.1. The predicted octanol–water partition coefficient (Wildman–Crippen LogP) is 0.842. The molecule has 4 heteroatoms. The van der Waals surface area contributed by atoms with Crippen LogP contribution >= 0.6 is 0 Å². The molecule has 2 aliphatic rings. The fraction of sp³-hybridized carbons (Fsp3) is 0.625. The van der Waals surface area contributed by atoms with E-state index in [9.17, 15) is 0 Å². The van der Waals surface area contributed by atoms with Crippen molar-refractivity contribution in [3.8, 4) is 0 Å². The van der Waals surface area contributed by atoms with E-state index in [1.165, 1.54) is 0 Å². The Kier molecular flexibility index (Phi) is 2.96. The maximum absolute atomic E-state index is 4.09. The Morgan fingerprint density at radius 3 is 2.75 bits per heavy atom. The van der Waals surface area contributed by atoms with Gasteiger partial charge in [-0.1, -0.05) is 13.8 Å². The first-order valence-corrected chi connectivity index (χ1v) is 4.21. The normalized spacial score (nSPS) is 29.8. The Bertz CT molecular complexity index is 229. The molecule has 66 valence electrons. The highest BCUT2D eigenvalue weighted by atomic mass is 15.2. The molecule has 0 amide bonds. The van der Waals surface area contributed by atoms with Crippen LogP contribution < -0.4 is 5.32 Å². The summed E-state index contributed by atoms with van der Waals surface area (Å²) < 4.78 is 0. The Labute approximate surface area is 72.5 Å². The van der Waals surface area contributed by atoms with Gasteiger partial charge >= 0.3 is 0 Å². The number of aliphatic imine (C=N–C) groups is 3. The van der Waals surface area contributed by atoms with Gasteiger partial charge < -0.3 is 5.32 Å². The Morgan fingerprint density at radius 2 is 2.08 bits per heavy atom. The van der Waals surface area contributed by atoms with E-state index in [-0.39, 0.29) is 12.2 Å². The second kappa shape index (κ2) is 3.99. The standard InChI is InChI=1S/C6H8N4.C2H6/c1-4-5-6(9-2-7-4)10-3-8-5;1-2/h2-3,5-6H,1H3,(H,8,10);1-2H3. The Morgan fingerprint density at radius 1 is 1.33 bits per heavy atom. The van der Waals surface area contributed by atoms with Gasteiger partial charge in [0.2, 0.25) is 0 Å². The maximum atomic E-state index is 4.09. The Balaban J connectivity index is 0.000000336. The van der Waals surface area contributed by atoms with Crippen LogP contribution in [0.2, 0.25) is 0 Å². The average Bonchev–Trinajstić information content (AvgIpc) is 2.57. The topological polar surface area (TPSA) is 49.1 Å². The molecule has 0 aromatic heterocycles. The SMILES string of the molecule is CC.CC1=NC=NC2N=CNC12. The summed E-state index contributed by atoms with van der Waals surface area (Å²) in [4.78, 5) is 12.2. The molecule has 0 aromatic carbocycles. The lowest BCUT2D eigenvalue weighted by Gasteiger charge is -2.16. The van der Waals surface area contributed by atoms with E-state index < -0.39 is 0 Å². The molecule has 2 rings (SSSR count). The summed E-state index contributed by atoms with van der Waals surface area (Å²) in [6.07, 6.45) is 3.30. The summed E-state index contributed by atoms with van der Waals surface area (Å²) in [5, 5.41) is 3.07. The molecule has 2 heterocycles. The summed E-state index contributed by atoms with van der Waals surface area (Å²) in [5.74, 6) is 0. The van der Waals surface area contributed by atoms with Crippen LogP contribution in [0.5, 0.6) is 0 Å². The molecule has 0 aromatic rings. The average molecular weight is 166 g/mol. The number of nitrogens with zero attached hydrogens (tertiary/aromatic N) is 3. The molecular formula is C8H14N4. The van der Waals surface area contributed by atoms with Crippen LogP contribution in [0.3, 0.4) is 0 Å². The quantitative estimate of drug-likeness (QED) is 0.569. The second-order valence-electron chi connectivity index (χ2n) is 2.37. The summed E-state index contributed by atoms with van der Waals surface area (Å²) in [7, 11) is 0. The van der Waals surface area contributed by atoms with E-state index in [4.69, 9.17) is 0 Å². The molecule has 1 N–H and O–H groups in total. The molecule has 0 spiro atoms. The van der Waals surface area contributed by atoms with Crippen molar-refractivity contribution in [2.24, 2.45) is 15.0 Å². The number of hydrogen-bond donors (Lipinski definition) is 1. The number of nitrogens with one attached hydrogen (secondary N) is 1. The van der Waals surface area contributed by atoms with Gasteiger partial charge in [0.05, 0.1) is 6.34 Å². The lowest BCUT2D eigenvalue weighted by Crippen LogP contribution is -2.39. The van der Waals surface area contributed by atoms with Crippen molar-refractivity contribution in [3.63, 3.8) is 0 Å². The van der Waals surface area contributed by atoms with E-state index in [2.05, 4.69) is 20.3 Å². The third-order valence-corrected chi connectivity index (χ3v) is 1.71. The predicted molar refractivity (Wildman–Crippen MR) is 52.2 cm³/mol. The number of hydrogen-bond acceptors (Lipinski definition) is 4. The summed E-state index contributed by atoms with van der Waals surface area (Å²) in [6, 6.07) is 0.213. The van der Waals surface area contributed by atoms with Crippen LogP contribution in [0.25, 0.3) is 0 Å². The molecular weight excluding hydrogens is 152 g/mol. The molecule has 4 nitrogen and oxygen atoms in total. The molecule has 0 bridgehead atoms. The highest BCUT2D eigenvalue weighted by Gasteiger charge is 2.26. The van der Waals surface area contributed by atoms with Crippen LogP contribution in [0.1, 0.15) is 20.8 Å². The third kappa shape index (κ3) is 1.52. The van der Waals surface area contributed by atoms with Gasteiger partial charge in [0, 0.05) is 5.71 Å². The van der Waals surface area contributed by atoms with Gasteiger partial charge in [-0.3, -0.25) is 0 Å². The second-order valence-corrected chi connectivity index (χ2v) is 2.37. The summed E-state index contributed by atoms with van der Waals surface area (Å²) >= 11 is 0. The number of rotatable bonds is 0. The zero-order valence-corrected chi connectivity index (χ0v) is 7.65. The van der Waals surface area contributed by atoms with E-state index in [1.807, 2.05) is 20.8 Å². The van der Waals surface area contributed by atoms with Crippen molar-refractivity contribution in [2.45, 2.75) is 33.0 Å². The van der Waals surface area contributed by atoms with Gasteiger partial charge in [0.15, 0.2) is 6.17 Å². The van der Waals surface area contributed by atoms with Crippen LogP contribution in [0, 0.1) is 0 Å². The summed E-state index contributed by atoms with van der Waals surface area (Å²) in [5.41, 5.74) is 1.05. The largest absolute Gasteiger partial charge is 0.364 e. The highest BCUT2D eigenvalue weighted by Crippen LogP contribution is 2.09. The van der Waals surface area contributed by atoms with Gasteiger partial charge in [0.1, 0.15) is 12.4 Å². The molecule has 0 saturated heterocycles. The lowest BCUT2D eigenvalue weighted by molar-refractivity contribution is 0.650. The van der Waals surface area contributed by atoms with Gasteiger partial charge in [-0.25, -0.2) is 15.0 Å². The minimum absolute atomic E-state index is 0.0394. The maximum Gasteiger partial charge on any atom is 0.168 e. The van der Waals surface area contributed by atoms with Crippen molar-refractivity contribution in [2.75, 3.05) is 0 Å². The zero-order chi connectivity index (χ0) is 8.97. The van der Waals surface area contributed by atoms with Crippen molar-refractivity contribution >= 4 is 18.4 Å². The fourth-order valence-electron chi connectivity index (χ4n) is 1.11. The van der Waals surface area contributed by atoms with Gasteiger partial charge in [-0.05, 0) is 6.92 Å². The molecule has 0 radical (unpaired) electrons. The van der Waals surface area contributed by atoms with Gasteiger partial charge in [0.25, 0.3) is 0 Å². The molecule has 2 unspecified atom stereocenters. The van der Waals surface area contributed by atoms with Gasteiger partial charge in [-0.2, -0.15) is 0 Å². The van der Waals surface area contributed by atoms with Crippen molar-refractivity contribution in [1.29, 1.82) is 0 Å². The third-order valence-electron chi connectivity index (χ3n) is 1.71. The molecule has 0 aliphatic carbocycles. The minimum Gasteiger partial charge on any atom is -0.364 e. The van der Waals surface area contributed by atoms with Gasteiger partial charge in [-0.15, -0.1) is 0 Å². The van der Waals surface area contributed by atoms with Crippen molar-refractivity contribution in [3.05, 3.63) is 0 Å². The van der Waals surface area contributed by atoms with Crippen molar-refractivity contribution < 1.29 is 0 Å². The molecule has 0 saturated carbocycles. The molecule has 2 atom stereocenters. The monoisotopic (exact) mass is 166 g/mol. The first-order valence-electron chi connectivity index (χ1n) is 4.21. The molecule has 0 fully saturated rings. The molecule has 12 heavy (non-hydrogen) atoms. The van der Waals surface area contributed by atoms with E-state index in [0.717, 1.165) is 5.71 Å². The fourth-order valence-corrected chi connectivity index (χ4v) is 1.11. The first-order chi connectivity index (χ1) is 5.88. The first kappa shape index (κ1) is 8.90. The van der Waals surface area contributed by atoms with Crippen LogP contribution in [-0.2, 0) is 0 Å². The Hall–Kier alpha value is -1.19. The minimum atomic E-state index is 0.0394. The number of fused-ring (bicyclic) bond motifs is 1.